The largest absolute Gasteiger partial charge is 0.367 e. The molecule has 0 aromatic carbocycles. The van der Waals surface area contributed by atoms with Crippen molar-refractivity contribution in [3.63, 3.8) is 0 Å². The zero-order chi connectivity index (χ0) is 12.6. The Morgan fingerprint density at radius 2 is 1.89 bits per heavy atom. The maximum Gasteiger partial charge on any atom is 0.251 e. The Balaban J connectivity index is 1.72. The second-order valence-corrected chi connectivity index (χ2v) is 3.51. The average molecular weight is 243 g/mol. The Morgan fingerprint density at radius 1 is 1.06 bits per heavy atom. The molecular weight excluding hydrogens is 230 g/mol. The van der Waals surface area contributed by atoms with Crippen LogP contribution in [0.3, 0.4) is 0 Å². The van der Waals surface area contributed by atoms with Crippen LogP contribution in [0.5, 0.6) is 0 Å². The van der Waals surface area contributed by atoms with Gasteiger partial charge in [-0.05, 0) is 12.1 Å². The van der Waals surface area contributed by atoms with Crippen molar-refractivity contribution in [3.05, 3.63) is 48.7 Å². The quantitative estimate of drug-likeness (QED) is 0.756. The lowest BCUT2D eigenvalue weighted by molar-refractivity contribution is 0.0955. The van der Waals surface area contributed by atoms with Gasteiger partial charge in [0.15, 0.2) is 0 Å². The molecule has 18 heavy (non-hydrogen) atoms. The monoisotopic (exact) mass is 243 g/mol. The molecule has 1 amide bonds. The number of nitrogens with one attached hydrogen (secondary N) is 2. The molecule has 0 aliphatic heterocycles. The zero-order valence-electron chi connectivity index (χ0n) is 9.71. The molecule has 6 nitrogen and oxygen atoms in total. The first-order chi connectivity index (χ1) is 8.86. The Hall–Kier alpha value is -2.50. The fraction of sp³-hybridized carbons (Fsp3) is 0.167. The molecule has 0 aliphatic rings. The molecule has 0 fully saturated rings. The third kappa shape index (κ3) is 3.51. The molecule has 2 aromatic heterocycles. The van der Waals surface area contributed by atoms with Gasteiger partial charge in [-0.1, -0.05) is 0 Å². The summed E-state index contributed by atoms with van der Waals surface area (Å²) >= 11 is 0. The summed E-state index contributed by atoms with van der Waals surface area (Å²) in [6, 6.07) is 3.34. The molecule has 0 spiro atoms. The number of carbonyl (C=O) groups is 1. The number of rotatable bonds is 5. The van der Waals surface area contributed by atoms with E-state index in [1.165, 1.54) is 0 Å². The van der Waals surface area contributed by atoms with Crippen LogP contribution in [0.15, 0.2) is 43.1 Å². The van der Waals surface area contributed by atoms with Crippen molar-refractivity contribution in [2.45, 2.75) is 0 Å². The minimum absolute atomic E-state index is 0.113. The first kappa shape index (κ1) is 12.0. The van der Waals surface area contributed by atoms with E-state index in [0.29, 0.717) is 24.5 Å². The Bertz CT molecular complexity index is 488. The van der Waals surface area contributed by atoms with Crippen LogP contribution >= 0.6 is 0 Å². The van der Waals surface area contributed by atoms with Crippen LogP contribution in [0.2, 0.25) is 0 Å². The summed E-state index contributed by atoms with van der Waals surface area (Å²) < 4.78 is 0. The number of amides is 1. The highest BCUT2D eigenvalue weighted by molar-refractivity contribution is 5.93. The minimum Gasteiger partial charge on any atom is -0.367 e. The zero-order valence-corrected chi connectivity index (χ0v) is 9.71. The van der Waals surface area contributed by atoms with E-state index in [2.05, 4.69) is 25.6 Å². The highest BCUT2D eigenvalue weighted by Gasteiger charge is 2.02. The Morgan fingerprint density at radius 3 is 2.61 bits per heavy atom. The second kappa shape index (κ2) is 6.29. The van der Waals surface area contributed by atoms with Gasteiger partial charge in [-0.25, -0.2) is 4.98 Å². The number of aromatic nitrogens is 3. The number of nitrogens with zero attached hydrogens (tertiary/aromatic N) is 3. The van der Waals surface area contributed by atoms with Crippen LogP contribution in [0.1, 0.15) is 10.4 Å². The van der Waals surface area contributed by atoms with E-state index in [4.69, 9.17) is 0 Å². The van der Waals surface area contributed by atoms with Crippen molar-refractivity contribution in [2.24, 2.45) is 0 Å². The Labute approximate surface area is 105 Å². The van der Waals surface area contributed by atoms with Gasteiger partial charge in [-0.15, -0.1) is 0 Å². The molecule has 2 aromatic rings. The fourth-order valence-electron chi connectivity index (χ4n) is 1.36. The fourth-order valence-corrected chi connectivity index (χ4v) is 1.36. The van der Waals surface area contributed by atoms with E-state index >= 15 is 0 Å². The van der Waals surface area contributed by atoms with Gasteiger partial charge in [0.05, 0.1) is 6.20 Å². The normalized spacial score (nSPS) is 9.78. The lowest BCUT2D eigenvalue weighted by Crippen LogP contribution is -2.28. The van der Waals surface area contributed by atoms with E-state index in [-0.39, 0.29) is 5.91 Å². The van der Waals surface area contributed by atoms with Crippen molar-refractivity contribution in [1.29, 1.82) is 0 Å². The number of anilines is 1. The number of hydrogen-bond acceptors (Lipinski definition) is 5. The predicted octanol–water partition coefficient (Wildman–Crippen LogP) is 0.713. The van der Waals surface area contributed by atoms with Crippen LogP contribution in [0.4, 0.5) is 5.82 Å². The van der Waals surface area contributed by atoms with Crippen molar-refractivity contribution in [3.8, 4) is 0 Å². The van der Waals surface area contributed by atoms with E-state index in [1.54, 1.807) is 43.1 Å². The summed E-state index contributed by atoms with van der Waals surface area (Å²) in [5.74, 6) is 0.578. The van der Waals surface area contributed by atoms with Crippen LogP contribution in [0, 0.1) is 0 Å². The number of carbonyl (C=O) groups excluding carboxylic acids is 1. The summed E-state index contributed by atoms with van der Waals surface area (Å²) in [5, 5.41) is 5.84. The molecule has 0 atom stereocenters. The molecule has 0 saturated heterocycles. The van der Waals surface area contributed by atoms with Crippen LogP contribution < -0.4 is 10.6 Å². The van der Waals surface area contributed by atoms with Gasteiger partial charge in [-0.3, -0.25) is 14.8 Å². The topological polar surface area (TPSA) is 79.8 Å². The van der Waals surface area contributed by atoms with Gasteiger partial charge < -0.3 is 10.6 Å². The SMILES string of the molecule is O=C(NCCNc1cnccn1)c1ccncc1. The minimum atomic E-state index is -0.113. The molecule has 6 heteroatoms. The van der Waals surface area contributed by atoms with Crippen LogP contribution in [0.25, 0.3) is 0 Å². The maximum atomic E-state index is 11.7. The van der Waals surface area contributed by atoms with Crippen molar-refractivity contribution < 1.29 is 4.79 Å². The molecule has 2 N–H and O–H groups in total. The van der Waals surface area contributed by atoms with Crippen molar-refractivity contribution >= 4 is 11.7 Å². The number of hydrogen-bond donors (Lipinski definition) is 2. The highest BCUT2D eigenvalue weighted by Crippen LogP contribution is 1.96. The molecular formula is C12H13N5O. The first-order valence-corrected chi connectivity index (χ1v) is 5.54. The summed E-state index contributed by atoms with van der Waals surface area (Å²) in [6.45, 7) is 1.10. The molecule has 2 heterocycles. The summed E-state index contributed by atoms with van der Waals surface area (Å²) in [7, 11) is 0. The molecule has 0 saturated carbocycles. The van der Waals surface area contributed by atoms with Crippen molar-refractivity contribution in [2.75, 3.05) is 18.4 Å². The van der Waals surface area contributed by atoms with E-state index in [9.17, 15) is 4.79 Å². The Kier molecular flexibility index (Phi) is 4.18. The molecule has 0 aliphatic carbocycles. The van der Waals surface area contributed by atoms with E-state index in [1.807, 2.05) is 0 Å². The molecule has 92 valence electrons. The predicted molar refractivity (Wildman–Crippen MR) is 67.1 cm³/mol. The molecule has 0 unspecified atom stereocenters. The number of pyridine rings is 1. The van der Waals surface area contributed by atoms with Crippen LogP contribution in [-0.2, 0) is 0 Å². The highest BCUT2D eigenvalue weighted by atomic mass is 16.1. The van der Waals surface area contributed by atoms with E-state index < -0.39 is 0 Å². The average Bonchev–Trinajstić information content (AvgIpc) is 2.45. The van der Waals surface area contributed by atoms with Crippen molar-refractivity contribution in [1.82, 2.24) is 20.3 Å². The van der Waals surface area contributed by atoms with Gasteiger partial charge in [0.1, 0.15) is 5.82 Å². The van der Waals surface area contributed by atoms with Gasteiger partial charge >= 0.3 is 0 Å². The summed E-state index contributed by atoms with van der Waals surface area (Å²) in [5.41, 5.74) is 0.601. The van der Waals surface area contributed by atoms with Gasteiger partial charge in [0, 0.05) is 43.4 Å². The third-order valence-electron chi connectivity index (χ3n) is 2.22. The molecule has 0 bridgehead atoms. The maximum absolute atomic E-state index is 11.7. The smallest absolute Gasteiger partial charge is 0.251 e. The van der Waals surface area contributed by atoms with Crippen LogP contribution in [-0.4, -0.2) is 33.9 Å². The summed E-state index contributed by atoms with van der Waals surface area (Å²) in [4.78, 5) is 23.5. The standard InChI is InChI=1S/C12H13N5O/c18-12(10-1-3-13-4-2-10)17-8-7-16-11-9-14-5-6-15-11/h1-6,9H,7-8H2,(H,15,16)(H,17,18). The van der Waals surface area contributed by atoms with Gasteiger partial charge in [0.2, 0.25) is 0 Å². The second-order valence-electron chi connectivity index (χ2n) is 3.51. The summed E-state index contributed by atoms with van der Waals surface area (Å²) in [6.07, 6.45) is 8.03. The first-order valence-electron chi connectivity index (χ1n) is 5.54. The lowest BCUT2D eigenvalue weighted by atomic mass is 10.2. The molecule has 2 rings (SSSR count). The van der Waals surface area contributed by atoms with Gasteiger partial charge in [0.25, 0.3) is 5.91 Å². The molecule has 0 radical (unpaired) electrons. The third-order valence-corrected chi connectivity index (χ3v) is 2.22. The lowest BCUT2D eigenvalue weighted by Gasteiger charge is -2.06. The van der Waals surface area contributed by atoms with Gasteiger partial charge in [-0.2, -0.15) is 0 Å². The van der Waals surface area contributed by atoms with E-state index in [0.717, 1.165) is 0 Å².